The van der Waals surface area contributed by atoms with E-state index in [-0.39, 0.29) is 11.4 Å². The molecule has 0 bridgehead atoms. The van der Waals surface area contributed by atoms with Crippen LogP contribution < -0.4 is 0 Å². The normalized spacial score (nSPS) is 16.8. The Balaban J connectivity index is 2.08. The minimum absolute atomic E-state index is 0.0230. The zero-order valence-electron chi connectivity index (χ0n) is 12.4. The van der Waals surface area contributed by atoms with Crippen molar-refractivity contribution in [3.8, 4) is 0 Å². The Hall–Kier alpha value is -1.86. The lowest BCUT2D eigenvalue weighted by atomic mass is 10.0. The molecule has 1 aliphatic heterocycles. The second kappa shape index (κ2) is 5.64. The molecule has 0 saturated carbocycles. The summed E-state index contributed by atoms with van der Waals surface area (Å²) >= 11 is 0. The van der Waals surface area contributed by atoms with E-state index in [1.807, 2.05) is 11.0 Å². The maximum Gasteiger partial charge on any atom is 0.243 e. The molecule has 0 aromatic heterocycles. The average molecular weight is 271 g/mol. The van der Waals surface area contributed by atoms with Gasteiger partial charge in [-0.15, -0.1) is 0 Å². The van der Waals surface area contributed by atoms with Crippen molar-refractivity contribution in [2.24, 2.45) is 0 Å². The Morgan fingerprint density at radius 2 is 1.75 bits per heavy atom. The number of nitrogens with zero attached hydrogens (tertiary/aromatic N) is 3. The predicted molar refractivity (Wildman–Crippen MR) is 79.9 cm³/mol. The van der Waals surface area contributed by atoms with E-state index in [2.05, 4.69) is 30.5 Å². The molecule has 0 radical (unpaired) electrons. The number of hydrogen-bond acceptors (Lipinski definition) is 2. The second-order valence-corrected chi connectivity index (χ2v) is 6.08. The number of carbonyl (C=O) groups is 1. The monoisotopic (exact) mass is 271 g/mol. The first-order chi connectivity index (χ1) is 9.43. The number of carbonyl (C=O) groups excluding carboxylic acids is 1. The molecule has 1 amide bonds. The van der Waals surface area contributed by atoms with Gasteiger partial charge in [-0.25, -0.2) is 4.85 Å². The maximum atomic E-state index is 12.5. The van der Waals surface area contributed by atoms with Crippen LogP contribution in [0.3, 0.4) is 0 Å². The van der Waals surface area contributed by atoms with Crippen molar-refractivity contribution < 1.29 is 4.79 Å². The molecule has 106 valence electrons. The molecule has 1 aliphatic rings. The molecule has 0 N–H and O–H groups in total. The highest BCUT2D eigenvalue weighted by Crippen LogP contribution is 2.22. The van der Waals surface area contributed by atoms with Crippen LogP contribution in [0.2, 0.25) is 0 Å². The molecule has 0 spiro atoms. The fourth-order valence-corrected chi connectivity index (χ4v) is 2.50. The van der Waals surface area contributed by atoms with Crippen LogP contribution in [0.4, 0.5) is 5.69 Å². The van der Waals surface area contributed by atoms with Crippen LogP contribution in [0.5, 0.6) is 0 Å². The van der Waals surface area contributed by atoms with Crippen molar-refractivity contribution in [1.29, 1.82) is 0 Å². The number of hydrogen-bond donors (Lipinski definition) is 0. The minimum atomic E-state index is -0.0230. The van der Waals surface area contributed by atoms with E-state index in [9.17, 15) is 4.79 Å². The highest BCUT2D eigenvalue weighted by Gasteiger charge is 2.28. The molecule has 1 aromatic rings. The van der Waals surface area contributed by atoms with Crippen molar-refractivity contribution in [3.05, 3.63) is 41.2 Å². The highest BCUT2D eigenvalue weighted by atomic mass is 16.2. The maximum absolute atomic E-state index is 12.5. The quantitative estimate of drug-likeness (QED) is 0.735. The minimum Gasteiger partial charge on any atom is -0.337 e. The Bertz CT molecular complexity index is 531. The molecule has 2 rings (SSSR count). The molecule has 4 heteroatoms. The fraction of sp³-hybridized carbons (Fsp3) is 0.500. The van der Waals surface area contributed by atoms with Crippen molar-refractivity contribution in [1.82, 2.24) is 9.80 Å². The highest BCUT2D eigenvalue weighted by molar-refractivity contribution is 5.99. The fourth-order valence-electron chi connectivity index (χ4n) is 2.50. The lowest BCUT2D eigenvalue weighted by Crippen LogP contribution is -2.54. The van der Waals surface area contributed by atoms with Crippen LogP contribution in [0, 0.1) is 6.57 Å². The van der Waals surface area contributed by atoms with Crippen LogP contribution >= 0.6 is 0 Å². The SMILES string of the molecule is [C-]#[N+]c1ccccc1C(=O)N1CCN(C(C)(C)C)CC1. The molecule has 0 aliphatic carbocycles. The lowest BCUT2D eigenvalue weighted by Gasteiger charge is -2.42. The topological polar surface area (TPSA) is 27.9 Å². The van der Waals surface area contributed by atoms with Crippen LogP contribution in [0.15, 0.2) is 24.3 Å². The zero-order valence-corrected chi connectivity index (χ0v) is 12.4. The summed E-state index contributed by atoms with van der Waals surface area (Å²) in [5.41, 5.74) is 1.10. The van der Waals surface area contributed by atoms with Gasteiger partial charge in [0.25, 0.3) is 0 Å². The van der Waals surface area contributed by atoms with E-state index in [4.69, 9.17) is 6.57 Å². The predicted octanol–water partition coefficient (Wildman–Crippen LogP) is 2.79. The van der Waals surface area contributed by atoms with Crippen LogP contribution in [-0.4, -0.2) is 47.4 Å². The first-order valence-electron chi connectivity index (χ1n) is 6.94. The number of para-hydroxylation sites is 1. The van der Waals surface area contributed by atoms with Crippen molar-refractivity contribution in [2.45, 2.75) is 26.3 Å². The van der Waals surface area contributed by atoms with E-state index in [1.165, 1.54) is 0 Å². The van der Waals surface area contributed by atoms with E-state index in [0.29, 0.717) is 11.3 Å². The van der Waals surface area contributed by atoms with Crippen molar-refractivity contribution >= 4 is 11.6 Å². The summed E-state index contributed by atoms with van der Waals surface area (Å²) in [7, 11) is 0. The summed E-state index contributed by atoms with van der Waals surface area (Å²) in [6, 6.07) is 7.05. The van der Waals surface area contributed by atoms with Gasteiger partial charge in [-0.2, -0.15) is 0 Å². The smallest absolute Gasteiger partial charge is 0.243 e. The van der Waals surface area contributed by atoms with Crippen molar-refractivity contribution in [3.63, 3.8) is 0 Å². The zero-order chi connectivity index (χ0) is 14.8. The third-order valence-electron chi connectivity index (χ3n) is 3.77. The molecule has 1 saturated heterocycles. The third kappa shape index (κ3) is 3.00. The summed E-state index contributed by atoms with van der Waals surface area (Å²) in [6.45, 7) is 16.9. The lowest BCUT2D eigenvalue weighted by molar-refractivity contribution is 0.0452. The van der Waals surface area contributed by atoms with E-state index in [0.717, 1.165) is 26.2 Å². The Morgan fingerprint density at radius 1 is 1.15 bits per heavy atom. The van der Waals surface area contributed by atoms with Crippen LogP contribution in [0.25, 0.3) is 4.85 Å². The van der Waals surface area contributed by atoms with Gasteiger partial charge in [-0.3, -0.25) is 9.69 Å². The van der Waals surface area contributed by atoms with E-state index >= 15 is 0 Å². The molecule has 0 unspecified atom stereocenters. The van der Waals surface area contributed by atoms with Gasteiger partial charge < -0.3 is 4.90 Å². The van der Waals surface area contributed by atoms with Crippen molar-refractivity contribution in [2.75, 3.05) is 26.2 Å². The summed E-state index contributed by atoms with van der Waals surface area (Å²) in [6.07, 6.45) is 0. The van der Waals surface area contributed by atoms with Crippen LogP contribution in [-0.2, 0) is 0 Å². The van der Waals surface area contributed by atoms with Gasteiger partial charge in [0.1, 0.15) is 0 Å². The largest absolute Gasteiger partial charge is 0.337 e. The molecule has 20 heavy (non-hydrogen) atoms. The summed E-state index contributed by atoms with van der Waals surface area (Å²) in [4.78, 5) is 20.2. The van der Waals surface area contributed by atoms with Crippen LogP contribution in [0.1, 0.15) is 31.1 Å². The van der Waals surface area contributed by atoms with Gasteiger partial charge in [-0.1, -0.05) is 24.3 Å². The summed E-state index contributed by atoms with van der Waals surface area (Å²) in [5, 5.41) is 0. The van der Waals surface area contributed by atoms with Gasteiger partial charge in [0.2, 0.25) is 5.91 Å². The van der Waals surface area contributed by atoms with E-state index < -0.39 is 0 Å². The first kappa shape index (κ1) is 14.5. The molecule has 1 aromatic carbocycles. The summed E-state index contributed by atoms with van der Waals surface area (Å²) < 4.78 is 0. The Kier molecular flexibility index (Phi) is 4.10. The van der Waals surface area contributed by atoms with Gasteiger partial charge in [0.05, 0.1) is 6.57 Å². The molecule has 0 atom stereocenters. The number of benzene rings is 1. The average Bonchev–Trinajstić information content (AvgIpc) is 2.45. The second-order valence-electron chi connectivity index (χ2n) is 6.08. The third-order valence-corrected chi connectivity index (χ3v) is 3.77. The molecule has 1 heterocycles. The first-order valence-corrected chi connectivity index (χ1v) is 6.94. The molecule has 4 nitrogen and oxygen atoms in total. The molecular formula is C16H21N3O. The van der Waals surface area contributed by atoms with Gasteiger partial charge in [-0.05, 0) is 20.8 Å². The standard InChI is InChI=1S/C16H21N3O/c1-16(2,3)19-11-9-18(10-12-19)15(20)13-7-5-6-8-14(13)17-4/h5-8H,9-12H2,1-3H3. The Labute approximate surface area is 120 Å². The Morgan fingerprint density at radius 3 is 2.30 bits per heavy atom. The molecule has 1 fully saturated rings. The van der Waals surface area contributed by atoms with Gasteiger partial charge >= 0.3 is 0 Å². The number of amides is 1. The van der Waals surface area contributed by atoms with Gasteiger partial charge in [0, 0.05) is 37.3 Å². The number of piperazine rings is 1. The number of rotatable bonds is 1. The van der Waals surface area contributed by atoms with Gasteiger partial charge in [0.15, 0.2) is 5.69 Å². The van der Waals surface area contributed by atoms with E-state index in [1.54, 1.807) is 18.2 Å². The summed E-state index contributed by atoms with van der Waals surface area (Å²) in [5.74, 6) is -0.0230. The molecular weight excluding hydrogens is 250 g/mol.